The van der Waals surface area contributed by atoms with Gasteiger partial charge in [0.25, 0.3) is 0 Å². The molecule has 0 aliphatic heterocycles. The molecule has 1 saturated carbocycles. The molecule has 0 amide bonds. The standard InChI is InChI=1S/C24H31N3/c1-16-11-18(21-13-23-22(12-17(21)2)26-15-27-23)5-6-19(16)14-25-20-7-9-24(3,4)10-8-20/h5-6,11-13,15,20,25H,7-10,14H2,1-4H3,(H,26,27). The predicted octanol–water partition coefficient (Wildman–Crippen LogP) is 5.91. The second kappa shape index (κ2) is 7.12. The Morgan fingerprint density at radius 2 is 1.85 bits per heavy atom. The molecule has 3 nitrogen and oxygen atoms in total. The van der Waals surface area contributed by atoms with Crippen molar-refractivity contribution in [2.45, 2.75) is 66.0 Å². The van der Waals surface area contributed by atoms with E-state index < -0.39 is 0 Å². The average Bonchev–Trinajstić information content (AvgIpc) is 3.08. The first-order chi connectivity index (χ1) is 12.9. The summed E-state index contributed by atoms with van der Waals surface area (Å²) in [5, 5.41) is 3.79. The van der Waals surface area contributed by atoms with E-state index in [-0.39, 0.29) is 0 Å². The molecule has 1 aliphatic carbocycles. The summed E-state index contributed by atoms with van der Waals surface area (Å²) in [5.41, 5.74) is 9.25. The van der Waals surface area contributed by atoms with Crippen LogP contribution in [0.5, 0.6) is 0 Å². The first-order valence-electron chi connectivity index (χ1n) is 10.2. The zero-order valence-corrected chi connectivity index (χ0v) is 17.0. The third kappa shape index (κ3) is 3.93. The number of fused-ring (bicyclic) bond motifs is 1. The maximum Gasteiger partial charge on any atom is 0.0931 e. The Labute approximate surface area is 162 Å². The highest BCUT2D eigenvalue weighted by molar-refractivity contribution is 5.84. The largest absolute Gasteiger partial charge is 0.345 e. The first kappa shape index (κ1) is 18.2. The lowest BCUT2D eigenvalue weighted by molar-refractivity contribution is 0.206. The molecule has 3 heteroatoms. The fraction of sp³-hybridized carbons (Fsp3) is 0.458. The fourth-order valence-electron chi connectivity index (χ4n) is 4.32. The van der Waals surface area contributed by atoms with Crippen LogP contribution >= 0.6 is 0 Å². The summed E-state index contributed by atoms with van der Waals surface area (Å²) in [6, 6.07) is 11.9. The molecule has 0 unspecified atom stereocenters. The number of aromatic nitrogens is 2. The molecule has 2 aromatic carbocycles. The monoisotopic (exact) mass is 361 g/mol. The van der Waals surface area contributed by atoms with Gasteiger partial charge in [0.2, 0.25) is 0 Å². The van der Waals surface area contributed by atoms with Crippen LogP contribution in [-0.2, 0) is 6.54 Å². The molecule has 1 aromatic heterocycles. The van der Waals surface area contributed by atoms with Gasteiger partial charge in [-0.25, -0.2) is 4.98 Å². The lowest BCUT2D eigenvalue weighted by Gasteiger charge is -2.34. The lowest BCUT2D eigenvalue weighted by atomic mass is 9.75. The van der Waals surface area contributed by atoms with Crippen molar-refractivity contribution in [3.8, 4) is 11.1 Å². The number of rotatable bonds is 4. The lowest BCUT2D eigenvalue weighted by Crippen LogP contribution is -2.35. The minimum Gasteiger partial charge on any atom is -0.345 e. The van der Waals surface area contributed by atoms with Crippen LogP contribution in [-0.4, -0.2) is 16.0 Å². The summed E-state index contributed by atoms with van der Waals surface area (Å²) >= 11 is 0. The van der Waals surface area contributed by atoms with Crippen molar-refractivity contribution in [3.63, 3.8) is 0 Å². The first-order valence-corrected chi connectivity index (χ1v) is 10.2. The Bertz CT molecular complexity index is 941. The van der Waals surface area contributed by atoms with Gasteiger partial charge < -0.3 is 10.3 Å². The van der Waals surface area contributed by atoms with E-state index in [1.54, 1.807) is 6.33 Å². The van der Waals surface area contributed by atoms with Gasteiger partial charge in [-0.1, -0.05) is 32.0 Å². The van der Waals surface area contributed by atoms with Crippen LogP contribution in [0, 0.1) is 19.3 Å². The maximum absolute atomic E-state index is 4.41. The number of hydrogen-bond donors (Lipinski definition) is 2. The van der Waals surface area contributed by atoms with Gasteiger partial charge in [-0.2, -0.15) is 0 Å². The fourth-order valence-corrected chi connectivity index (χ4v) is 4.32. The minimum absolute atomic E-state index is 0.531. The van der Waals surface area contributed by atoms with E-state index >= 15 is 0 Å². The van der Waals surface area contributed by atoms with E-state index in [0.29, 0.717) is 11.5 Å². The van der Waals surface area contributed by atoms with Crippen molar-refractivity contribution < 1.29 is 0 Å². The molecule has 0 radical (unpaired) electrons. The average molecular weight is 362 g/mol. The zero-order valence-electron chi connectivity index (χ0n) is 17.0. The summed E-state index contributed by atoms with van der Waals surface area (Å²) in [5.74, 6) is 0. The maximum atomic E-state index is 4.41. The van der Waals surface area contributed by atoms with E-state index in [1.165, 1.54) is 53.5 Å². The second-order valence-electron chi connectivity index (χ2n) is 9.05. The van der Waals surface area contributed by atoms with Gasteiger partial charge in [-0.3, -0.25) is 0 Å². The smallest absolute Gasteiger partial charge is 0.0931 e. The highest BCUT2D eigenvalue weighted by atomic mass is 14.9. The summed E-state index contributed by atoms with van der Waals surface area (Å²) in [7, 11) is 0. The molecule has 142 valence electrons. The van der Waals surface area contributed by atoms with Crippen LogP contribution in [0.1, 0.15) is 56.2 Å². The Morgan fingerprint density at radius 1 is 1.07 bits per heavy atom. The number of hydrogen-bond acceptors (Lipinski definition) is 2. The molecule has 0 saturated heterocycles. The third-order valence-electron chi connectivity index (χ3n) is 6.34. The summed E-state index contributed by atoms with van der Waals surface area (Å²) in [6.07, 6.45) is 7.02. The summed E-state index contributed by atoms with van der Waals surface area (Å²) < 4.78 is 0. The van der Waals surface area contributed by atoms with Gasteiger partial charge in [0.15, 0.2) is 0 Å². The highest BCUT2D eigenvalue weighted by Gasteiger charge is 2.26. The van der Waals surface area contributed by atoms with Gasteiger partial charge in [0.1, 0.15) is 0 Å². The summed E-state index contributed by atoms with van der Waals surface area (Å²) in [6.45, 7) is 10.2. The summed E-state index contributed by atoms with van der Waals surface area (Å²) in [4.78, 5) is 7.60. The van der Waals surface area contributed by atoms with Crippen LogP contribution in [0.15, 0.2) is 36.7 Å². The number of nitrogens with zero attached hydrogens (tertiary/aromatic N) is 1. The number of nitrogens with one attached hydrogen (secondary N) is 2. The van der Waals surface area contributed by atoms with Gasteiger partial charge >= 0.3 is 0 Å². The highest BCUT2D eigenvalue weighted by Crippen LogP contribution is 2.35. The predicted molar refractivity (Wildman–Crippen MR) is 114 cm³/mol. The van der Waals surface area contributed by atoms with E-state index in [0.717, 1.165) is 17.6 Å². The van der Waals surface area contributed by atoms with Crippen molar-refractivity contribution in [2.75, 3.05) is 0 Å². The van der Waals surface area contributed by atoms with Crippen molar-refractivity contribution in [2.24, 2.45) is 5.41 Å². The van der Waals surface area contributed by atoms with Gasteiger partial charge in [0.05, 0.1) is 17.4 Å². The van der Waals surface area contributed by atoms with Crippen LogP contribution in [0.4, 0.5) is 0 Å². The quantitative estimate of drug-likeness (QED) is 0.607. The molecular weight excluding hydrogens is 330 g/mol. The van der Waals surface area contributed by atoms with Crippen molar-refractivity contribution in [1.82, 2.24) is 15.3 Å². The molecule has 0 bridgehead atoms. The Morgan fingerprint density at radius 3 is 2.59 bits per heavy atom. The Kier molecular flexibility index (Phi) is 4.81. The number of H-pyrrole nitrogens is 1. The third-order valence-corrected chi connectivity index (χ3v) is 6.34. The van der Waals surface area contributed by atoms with E-state index in [1.807, 2.05) is 0 Å². The van der Waals surface area contributed by atoms with Crippen LogP contribution in [0.25, 0.3) is 22.2 Å². The van der Waals surface area contributed by atoms with Gasteiger partial charge in [-0.15, -0.1) is 0 Å². The zero-order chi connectivity index (χ0) is 19.0. The molecule has 27 heavy (non-hydrogen) atoms. The molecule has 1 fully saturated rings. The molecule has 2 N–H and O–H groups in total. The van der Waals surface area contributed by atoms with Crippen LogP contribution in [0.3, 0.4) is 0 Å². The van der Waals surface area contributed by atoms with Crippen molar-refractivity contribution in [1.29, 1.82) is 0 Å². The van der Waals surface area contributed by atoms with Gasteiger partial charge in [0, 0.05) is 12.6 Å². The van der Waals surface area contributed by atoms with Crippen molar-refractivity contribution in [3.05, 3.63) is 53.3 Å². The molecule has 1 aliphatic rings. The topological polar surface area (TPSA) is 40.7 Å². The second-order valence-corrected chi connectivity index (χ2v) is 9.05. The Balaban J connectivity index is 1.48. The normalized spacial score (nSPS) is 17.5. The molecular formula is C24H31N3. The molecule has 0 spiro atoms. The Hall–Kier alpha value is -2.13. The minimum atomic E-state index is 0.531. The van der Waals surface area contributed by atoms with Crippen molar-refractivity contribution >= 4 is 11.0 Å². The number of benzene rings is 2. The SMILES string of the molecule is Cc1cc(-c2cc3nc[nH]c3cc2C)ccc1CNC1CCC(C)(C)CC1. The van der Waals surface area contributed by atoms with Crippen LogP contribution in [0.2, 0.25) is 0 Å². The van der Waals surface area contributed by atoms with E-state index in [4.69, 9.17) is 0 Å². The molecule has 1 heterocycles. The number of aromatic amines is 1. The molecule has 0 atom stereocenters. The van der Waals surface area contributed by atoms with E-state index in [9.17, 15) is 0 Å². The molecule has 4 rings (SSSR count). The van der Waals surface area contributed by atoms with E-state index in [2.05, 4.69) is 73.3 Å². The number of aryl methyl sites for hydroxylation is 2. The molecule has 3 aromatic rings. The number of imidazole rings is 1. The van der Waals surface area contributed by atoms with Crippen LogP contribution < -0.4 is 5.32 Å². The van der Waals surface area contributed by atoms with Gasteiger partial charge in [-0.05, 0) is 84.9 Å².